The molecule has 76 valence electrons. The molecule has 0 bridgehead atoms. The molecule has 1 aliphatic rings. The molecule has 0 radical (unpaired) electrons. The van der Waals surface area contributed by atoms with Crippen LogP contribution in [0.3, 0.4) is 0 Å². The molecule has 0 saturated carbocycles. The minimum atomic E-state index is -0.179. The zero-order valence-corrected chi connectivity index (χ0v) is 8.34. The summed E-state index contributed by atoms with van der Waals surface area (Å²) in [6.07, 6.45) is 1.67. The maximum atomic E-state index is 11.8. The van der Waals surface area contributed by atoms with E-state index in [1.54, 1.807) is 13.0 Å². The van der Waals surface area contributed by atoms with Gasteiger partial charge in [0.25, 0.3) is 5.91 Å². The number of allylic oxidation sites excluding steroid dienone is 1. The monoisotopic (exact) mass is 201 g/mol. The van der Waals surface area contributed by atoms with Crippen LogP contribution in [0.4, 0.5) is 5.69 Å². The molecule has 0 spiro atoms. The topological polar surface area (TPSA) is 58.7 Å². The number of amides is 1. The van der Waals surface area contributed by atoms with E-state index in [0.29, 0.717) is 5.57 Å². The number of carbonyl (C=O) groups excluding carboxylic acids is 1. The molecule has 15 heavy (non-hydrogen) atoms. The number of nitrogens with zero attached hydrogens (tertiary/aromatic N) is 2. The van der Waals surface area contributed by atoms with Crippen LogP contribution >= 0.6 is 0 Å². The second kappa shape index (κ2) is 3.57. The van der Waals surface area contributed by atoms with E-state index in [9.17, 15) is 4.79 Å². The molecule has 1 aromatic carbocycles. The van der Waals surface area contributed by atoms with Gasteiger partial charge in [-0.15, -0.1) is 5.10 Å². The van der Waals surface area contributed by atoms with E-state index in [2.05, 4.69) is 5.10 Å². The Hall–Kier alpha value is -2.10. The Balaban J connectivity index is 2.40. The maximum Gasteiger partial charge on any atom is 0.282 e. The predicted octanol–water partition coefficient (Wildman–Crippen LogP) is 1.25. The summed E-state index contributed by atoms with van der Waals surface area (Å²) in [7, 11) is 0. The largest absolute Gasteiger partial charge is 0.382 e. The van der Waals surface area contributed by atoms with Crippen molar-refractivity contribution in [1.29, 1.82) is 0 Å². The van der Waals surface area contributed by atoms with Crippen molar-refractivity contribution in [2.45, 2.75) is 6.92 Å². The van der Waals surface area contributed by atoms with Crippen molar-refractivity contribution >= 4 is 17.4 Å². The summed E-state index contributed by atoms with van der Waals surface area (Å²) in [5.74, 6) is 0.0903. The SMILES string of the molecule is CC=C1C(=O)N(c2ccccc2)N=C1N. The number of rotatable bonds is 1. The van der Waals surface area contributed by atoms with Gasteiger partial charge in [-0.25, -0.2) is 0 Å². The van der Waals surface area contributed by atoms with E-state index < -0.39 is 0 Å². The third kappa shape index (κ3) is 1.50. The molecule has 0 saturated heterocycles. The average molecular weight is 201 g/mol. The van der Waals surface area contributed by atoms with Crippen molar-refractivity contribution in [3.8, 4) is 0 Å². The third-order valence-electron chi connectivity index (χ3n) is 2.20. The van der Waals surface area contributed by atoms with Crippen molar-refractivity contribution in [3.63, 3.8) is 0 Å². The van der Waals surface area contributed by atoms with E-state index in [1.807, 2.05) is 30.3 Å². The van der Waals surface area contributed by atoms with Gasteiger partial charge in [-0.3, -0.25) is 4.79 Å². The highest BCUT2D eigenvalue weighted by Gasteiger charge is 2.28. The Morgan fingerprint density at radius 3 is 2.53 bits per heavy atom. The molecule has 0 unspecified atom stereocenters. The molecular formula is C11H11N3O. The molecule has 4 nitrogen and oxygen atoms in total. The Morgan fingerprint density at radius 2 is 2.00 bits per heavy atom. The van der Waals surface area contributed by atoms with Gasteiger partial charge in [-0.05, 0) is 19.1 Å². The molecule has 1 heterocycles. The lowest BCUT2D eigenvalue weighted by atomic mass is 10.2. The molecule has 0 fully saturated rings. The van der Waals surface area contributed by atoms with Crippen LogP contribution in [-0.4, -0.2) is 11.7 Å². The molecule has 0 atom stereocenters. The Bertz CT molecular complexity index is 448. The van der Waals surface area contributed by atoms with E-state index in [4.69, 9.17) is 5.73 Å². The van der Waals surface area contributed by atoms with Crippen molar-refractivity contribution in [2.75, 3.05) is 5.01 Å². The van der Waals surface area contributed by atoms with E-state index in [-0.39, 0.29) is 11.7 Å². The normalized spacial score (nSPS) is 18.5. The second-order valence-corrected chi connectivity index (χ2v) is 3.14. The highest BCUT2D eigenvalue weighted by Crippen LogP contribution is 2.21. The molecule has 0 aromatic heterocycles. The summed E-state index contributed by atoms with van der Waals surface area (Å²) in [5.41, 5.74) is 6.81. The number of amidine groups is 1. The number of hydrogen-bond acceptors (Lipinski definition) is 3. The van der Waals surface area contributed by atoms with Gasteiger partial charge in [0.2, 0.25) is 0 Å². The first-order valence-electron chi connectivity index (χ1n) is 4.64. The van der Waals surface area contributed by atoms with Crippen LogP contribution in [0.5, 0.6) is 0 Å². The zero-order valence-electron chi connectivity index (χ0n) is 8.34. The summed E-state index contributed by atoms with van der Waals surface area (Å²) in [6, 6.07) is 9.21. The van der Waals surface area contributed by atoms with E-state index in [1.165, 1.54) is 5.01 Å². The Kier molecular flexibility index (Phi) is 2.25. The Morgan fingerprint density at radius 1 is 1.33 bits per heavy atom. The van der Waals surface area contributed by atoms with Gasteiger partial charge in [-0.1, -0.05) is 24.3 Å². The lowest BCUT2D eigenvalue weighted by Gasteiger charge is -2.10. The molecular weight excluding hydrogens is 190 g/mol. The zero-order chi connectivity index (χ0) is 10.8. The van der Waals surface area contributed by atoms with Gasteiger partial charge < -0.3 is 5.73 Å². The number of benzene rings is 1. The highest BCUT2D eigenvalue weighted by molar-refractivity contribution is 6.29. The van der Waals surface area contributed by atoms with Gasteiger partial charge in [0.05, 0.1) is 11.3 Å². The number of anilines is 1. The minimum absolute atomic E-state index is 0.179. The van der Waals surface area contributed by atoms with Crippen LogP contribution in [0, 0.1) is 0 Å². The molecule has 2 N–H and O–H groups in total. The smallest absolute Gasteiger partial charge is 0.282 e. The minimum Gasteiger partial charge on any atom is -0.382 e. The van der Waals surface area contributed by atoms with Crippen LogP contribution in [0.2, 0.25) is 0 Å². The fourth-order valence-electron chi connectivity index (χ4n) is 1.45. The van der Waals surface area contributed by atoms with Gasteiger partial charge in [0.1, 0.15) is 0 Å². The van der Waals surface area contributed by atoms with Crippen LogP contribution in [-0.2, 0) is 4.79 Å². The molecule has 2 rings (SSSR count). The predicted molar refractivity (Wildman–Crippen MR) is 59.3 cm³/mol. The summed E-state index contributed by atoms with van der Waals surface area (Å²) in [6.45, 7) is 1.77. The first-order valence-corrected chi connectivity index (χ1v) is 4.64. The van der Waals surface area contributed by atoms with E-state index >= 15 is 0 Å². The first-order chi connectivity index (χ1) is 7.24. The van der Waals surface area contributed by atoms with Gasteiger partial charge >= 0.3 is 0 Å². The van der Waals surface area contributed by atoms with Crippen LogP contribution in [0.25, 0.3) is 0 Å². The molecule has 1 amide bonds. The molecule has 1 aliphatic heterocycles. The third-order valence-corrected chi connectivity index (χ3v) is 2.20. The molecule has 1 aromatic rings. The highest BCUT2D eigenvalue weighted by atomic mass is 16.2. The van der Waals surface area contributed by atoms with Crippen molar-refractivity contribution in [2.24, 2.45) is 10.8 Å². The quantitative estimate of drug-likeness (QED) is 0.695. The number of para-hydroxylation sites is 1. The van der Waals surface area contributed by atoms with Crippen LogP contribution in [0.1, 0.15) is 6.92 Å². The van der Waals surface area contributed by atoms with Gasteiger partial charge in [0.15, 0.2) is 5.84 Å². The average Bonchev–Trinajstić information content (AvgIpc) is 2.55. The van der Waals surface area contributed by atoms with Crippen molar-refractivity contribution < 1.29 is 4.79 Å². The summed E-state index contributed by atoms with van der Waals surface area (Å²) >= 11 is 0. The lowest BCUT2D eigenvalue weighted by molar-refractivity contribution is -0.114. The fraction of sp³-hybridized carbons (Fsp3) is 0.0909. The van der Waals surface area contributed by atoms with E-state index in [0.717, 1.165) is 5.69 Å². The fourth-order valence-corrected chi connectivity index (χ4v) is 1.45. The standard InChI is InChI=1S/C11H11N3O/c1-2-9-10(12)13-14(11(9)15)8-6-4-3-5-7-8/h2-7H,1H3,(H2,12,13). The molecule has 0 aliphatic carbocycles. The number of carbonyl (C=O) groups is 1. The van der Waals surface area contributed by atoms with Crippen LogP contribution < -0.4 is 10.7 Å². The summed E-state index contributed by atoms with van der Waals surface area (Å²) in [5, 5.41) is 5.31. The number of hydrazone groups is 1. The summed E-state index contributed by atoms with van der Waals surface area (Å²) < 4.78 is 0. The maximum absolute atomic E-state index is 11.8. The number of nitrogens with two attached hydrogens (primary N) is 1. The van der Waals surface area contributed by atoms with Crippen LogP contribution in [0.15, 0.2) is 47.1 Å². The Labute approximate surface area is 87.7 Å². The second-order valence-electron chi connectivity index (χ2n) is 3.14. The lowest BCUT2D eigenvalue weighted by Crippen LogP contribution is -2.21. The van der Waals surface area contributed by atoms with Gasteiger partial charge in [0, 0.05) is 0 Å². The van der Waals surface area contributed by atoms with Gasteiger partial charge in [-0.2, -0.15) is 5.01 Å². The molecule has 4 heteroatoms. The van der Waals surface area contributed by atoms with Crippen molar-refractivity contribution in [1.82, 2.24) is 0 Å². The number of hydrogen-bond donors (Lipinski definition) is 1. The first kappa shape index (κ1) is 9.45. The van der Waals surface area contributed by atoms with Crippen molar-refractivity contribution in [3.05, 3.63) is 42.0 Å². The summed E-state index contributed by atoms with van der Waals surface area (Å²) in [4.78, 5) is 11.8.